The van der Waals surface area contributed by atoms with Crippen LogP contribution in [0, 0.1) is 11.3 Å². The van der Waals surface area contributed by atoms with Crippen molar-refractivity contribution in [1.29, 1.82) is 5.26 Å². The van der Waals surface area contributed by atoms with Gasteiger partial charge in [0.2, 0.25) is 0 Å². The van der Waals surface area contributed by atoms with E-state index in [9.17, 15) is 4.79 Å². The number of nitriles is 1. The number of hydrogen-bond acceptors (Lipinski definition) is 4. The van der Waals surface area contributed by atoms with Crippen molar-refractivity contribution in [3.63, 3.8) is 0 Å². The van der Waals surface area contributed by atoms with Crippen molar-refractivity contribution in [2.24, 2.45) is 0 Å². The first-order chi connectivity index (χ1) is 13.3. The van der Waals surface area contributed by atoms with Gasteiger partial charge in [-0.25, -0.2) is 4.98 Å². The van der Waals surface area contributed by atoms with Crippen LogP contribution in [0.4, 0.5) is 0 Å². The Balaban J connectivity index is 1.73. The van der Waals surface area contributed by atoms with Crippen LogP contribution < -0.4 is 5.56 Å². The van der Waals surface area contributed by atoms with E-state index in [0.717, 1.165) is 41.9 Å². The molecule has 3 aromatic rings. The van der Waals surface area contributed by atoms with E-state index in [4.69, 9.17) is 10.2 Å². The highest BCUT2D eigenvalue weighted by atomic mass is 32.2. The first kappa shape index (κ1) is 17.8. The molecule has 1 heterocycles. The predicted molar refractivity (Wildman–Crippen MR) is 109 cm³/mol. The van der Waals surface area contributed by atoms with Crippen molar-refractivity contribution in [3.05, 3.63) is 70.0 Å². The molecule has 0 saturated heterocycles. The Morgan fingerprint density at radius 1 is 1.11 bits per heavy atom. The molecular formula is C22H21N3OS. The number of nitrogens with zero attached hydrogens (tertiary/aromatic N) is 3. The molecule has 4 rings (SSSR count). The summed E-state index contributed by atoms with van der Waals surface area (Å²) in [5.41, 5.74) is 2.55. The van der Waals surface area contributed by atoms with Gasteiger partial charge in [0.1, 0.15) is 0 Å². The molecule has 27 heavy (non-hydrogen) atoms. The van der Waals surface area contributed by atoms with Crippen LogP contribution >= 0.6 is 11.8 Å². The van der Waals surface area contributed by atoms with Gasteiger partial charge in [0, 0.05) is 11.8 Å². The Bertz CT molecular complexity index is 1060. The fraction of sp³-hybridized carbons (Fsp3) is 0.318. The standard InChI is InChI=1S/C22H21N3OS/c23-14-16-7-6-8-17(13-16)15-27-22-24-20-12-5-4-11-19(20)21(26)25(22)18-9-2-1-3-10-18/h4-8,11-13,18H,1-3,9-10,15H2. The zero-order valence-electron chi connectivity index (χ0n) is 15.1. The van der Waals surface area contributed by atoms with E-state index in [1.807, 2.05) is 47.0 Å². The number of aromatic nitrogens is 2. The molecule has 5 heteroatoms. The number of rotatable bonds is 4. The molecule has 2 aromatic carbocycles. The minimum absolute atomic E-state index is 0.0702. The Labute approximate surface area is 162 Å². The predicted octanol–water partition coefficient (Wildman–Crippen LogP) is 5.07. The van der Waals surface area contributed by atoms with Crippen LogP contribution in [-0.4, -0.2) is 9.55 Å². The van der Waals surface area contributed by atoms with Crippen LogP contribution in [0.25, 0.3) is 10.9 Å². The SMILES string of the molecule is N#Cc1cccc(CSc2nc3ccccc3c(=O)n2C2CCCCC2)c1. The Morgan fingerprint density at radius 3 is 2.74 bits per heavy atom. The summed E-state index contributed by atoms with van der Waals surface area (Å²) in [6.07, 6.45) is 5.65. The molecular weight excluding hydrogens is 354 g/mol. The monoisotopic (exact) mass is 375 g/mol. The molecule has 0 unspecified atom stereocenters. The molecule has 0 radical (unpaired) electrons. The summed E-state index contributed by atoms with van der Waals surface area (Å²) in [6, 6.07) is 17.6. The van der Waals surface area contributed by atoms with E-state index in [-0.39, 0.29) is 11.6 Å². The summed E-state index contributed by atoms with van der Waals surface area (Å²) >= 11 is 1.58. The van der Waals surface area contributed by atoms with Crippen LogP contribution in [0.1, 0.15) is 49.3 Å². The maximum absolute atomic E-state index is 13.2. The van der Waals surface area contributed by atoms with Crippen LogP contribution in [0.2, 0.25) is 0 Å². The van der Waals surface area contributed by atoms with E-state index in [1.165, 1.54) is 6.42 Å². The highest BCUT2D eigenvalue weighted by Gasteiger charge is 2.21. The molecule has 136 valence electrons. The van der Waals surface area contributed by atoms with Gasteiger partial charge >= 0.3 is 0 Å². The molecule has 0 atom stereocenters. The van der Waals surface area contributed by atoms with Gasteiger partial charge in [-0.3, -0.25) is 9.36 Å². The fourth-order valence-corrected chi connectivity index (χ4v) is 4.78. The van der Waals surface area contributed by atoms with Gasteiger partial charge in [0.15, 0.2) is 5.16 Å². The number of fused-ring (bicyclic) bond motifs is 1. The number of hydrogen-bond donors (Lipinski definition) is 0. The third-order valence-corrected chi connectivity index (χ3v) is 6.16. The smallest absolute Gasteiger partial charge is 0.262 e. The average molecular weight is 375 g/mol. The van der Waals surface area contributed by atoms with Gasteiger partial charge in [-0.05, 0) is 42.7 Å². The van der Waals surface area contributed by atoms with Crippen LogP contribution in [0.5, 0.6) is 0 Å². The molecule has 0 spiro atoms. The first-order valence-corrected chi connectivity index (χ1v) is 10.4. The zero-order chi connectivity index (χ0) is 18.6. The van der Waals surface area contributed by atoms with Gasteiger partial charge in [-0.15, -0.1) is 0 Å². The second-order valence-electron chi connectivity index (χ2n) is 6.98. The third-order valence-electron chi connectivity index (χ3n) is 5.14. The molecule has 0 aliphatic heterocycles. The maximum Gasteiger partial charge on any atom is 0.262 e. The van der Waals surface area contributed by atoms with Gasteiger partial charge in [-0.2, -0.15) is 5.26 Å². The third kappa shape index (κ3) is 3.77. The second-order valence-corrected chi connectivity index (χ2v) is 7.92. The van der Waals surface area contributed by atoms with E-state index in [0.29, 0.717) is 16.7 Å². The summed E-state index contributed by atoms with van der Waals surface area (Å²) < 4.78 is 1.93. The number of para-hydroxylation sites is 1. The Morgan fingerprint density at radius 2 is 1.93 bits per heavy atom. The summed E-state index contributed by atoms with van der Waals surface area (Å²) in [4.78, 5) is 18.1. The molecule has 1 saturated carbocycles. The molecule has 1 aromatic heterocycles. The van der Waals surface area contributed by atoms with E-state index in [1.54, 1.807) is 17.8 Å². The number of thioether (sulfide) groups is 1. The van der Waals surface area contributed by atoms with Crippen molar-refractivity contribution in [2.45, 2.75) is 49.1 Å². The Kier molecular flexibility index (Phi) is 5.26. The Hall–Kier alpha value is -2.58. The quantitative estimate of drug-likeness (QED) is 0.472. The average Bonchev–Trinajstić information content (AvgIpc) is 2.73. The first-order valence-electron chi connectivity index (χ1n) is 9.39. The molecule has 1 fully saturated rings. The van der Waals surface area contributed by atoms with Crippen LogP contribution in [0.3, 0.4) is 0 Å². The maximum atomic E-state index is 13.2. The molecule has 0 amide bonds. The summed E-state index contributed by atoms with van der Waals surface area (Å²) in [7, 11) is 0. The lowest BCUT2D eigenvalue weighted by Gasteiger charge is -2.26. The minimum atomic E-state index is 0.0702. The minimum Gasteiger partial charge on any atom is -0.284 e. The molecule has 1 aliphatic rings. The van der Waals surface area contributed by atoms with Gasteiger partial charge in [-0.1, -0.05) is 55.3 Å². The molecule has 4 nitrogen and oxygen atoms in total. The molecule has 0 N–H and O–H groups in total. The van der Waals surface area contributed by atoms with Gasteiger partial charge < -0.3 is 0 Å². The van der Waals surface area contributed by atoms with Crippen molar-refractivity contribution in [2.75, 3.05) is 0 Å². The highest BCUT2D eigenvalue weighted by molar-refractivity contribution is 7.98. The summed E-state index contributed by atoms with van der Waals surface area (Å²) in [5.74, 6) is 0.688. The van der Waals surface area contributed by atoms with Crippen molar-refractivity contribution < 1.29 is 0 Å². The zero-order valence-corrected chi connectivity index (χ0v) is 15.9. The van der Waals surface area contributed by atoms with E-state index < -0.39 is 0 Å². The largest absolute Gasteiger partial charge is 0.284 e. The number of benzene rings is 2. The van der Waals surface area contributed by atoms with Crippen LogP contribution in [-0.2, 0) is 5.75 Å². The second kappa shape index (κ2) is 7.98. The lowest BCUT2D eigenvalue weighted by molar-refractivity contribution is 0.326. The lowest BCUT2D eigenvalue weighted by Crippen LogP contribution is -2.29. The van der Waals surface area contributed by atoms with E-state index >= 15 is 0 Å². The van der Waals surface area contributed by atoms with Crippen LogP contribution in [0.15, 0.2) is 58.5 Å². The summed E-state index contributed by atoms with van der Waals surface area (Å²) in [5, 5.41) is 10.6. The van der Waals surface area contributed by atoms with Crippen molar-refractivity contribution in [1.82, 2.24) is 9.55 Å². The summed E-state index contributed by atoms with van der Waals surface area (Å²) in [6.45, 7) is 0. The molecule has 0 bridgehead atoms. The highest BCUT2D eigenvalue weighted by Crippen LogP contribution is 2.32. The van der Waals surface area contributed by atoms with E-state index in [2.05, 4.69) is 6.07 Å². The van der Waals surface area contributed by atoms with Crippen molar-refractivity contribution >= 4 is 22.7 Å². The lowest BCUT2D eigenvalue weighted by atomic mass is 9.95. The topological polar surface area (TPSA) is 58.7 Å². The molecule has 1 aliphatic carbocycles. The normalized spacial score (nSPS) is 14.9. The fourth-order valence-electron chi connectivity index (χ4n) is 3.77. The van der Waals surface area contributed by atoms with Crippen molar-refractivity contribution in [3.8, 4) is 6.07 Å². The van der Waals surface area contributed by atoms with Gasteiger partial charge in [0.25, 0.3) is 5.56 Å². The van der Waals surface area contributed by atoms with Gasteiger partial charge in [0.05, 0.1) is 22.5 Å².